The molecule has 3 aliphatic heterocycles. The molecule has 2 aromatic rings. The normalized spacial score (nSPS) is 25.1. The summed E-state index contributed by atoms with van der Waals surface area (Å²) >= 11 is 1.62. The zero-order chi connectivity index (χ0) is 25.9. The number of thioether (sulfide) groups is 1. The Kier molecular flexibility index (Phi) is 7.93. The fourth-order valence-electron chi connectivity index (χ4n) is 7.04. The van der Waals surface area contributed by atoms with Crippen molar-refractivity contribution in [2.45, 2.75) is 74.8 Å². The highest BCUT2D eigenvalue weighted by molar-refractivity contribution is 7.98. The van der Waals surface area contributed by atoms with Crippen molar-refractivity contribution in [3.63, 3.8) is 0 Å². The number of carbonyl (C=O) groups is 2. The van der Waals surface area contributed by atoms with Gasteiger partial charge in [0, 0.05) is 49.7 Å². The highest BCUT2D eigenvalue weighted by Gasteiger charge is 2.57. The van der Waals surface area contributed by atoms with Crippen LogP contribution in [0.1, 0.15) is 56.1 Å². The first-order chi connectivity index (χ1) is 18.0. The summed E-state index contributed by atoms with van der Waals surface area (Å²) < 4.78 is 13.8. The van der Waals surface area contributed by atoms with E-state index in [1.54, 1.807) is 11.8 Å². The fraction of sp³-hybridized carbons (Fsp3) is 0.533. The van der Waals surface area contributed by atoms with Gasteiger partial charge >= 0.3 is 11.9 Å². The van der Waals surface area contributed by atoms with E-state index in [1.807, 2.05) is 66.9 Å². The molecule has 3 fully saturated rings. The van der Waals surface area contributed by atoms with Crippen molar-refractivity contribution < 1.29 is 23.5 Å². The Morgan fingerprint density at radius 3 is 2.03 bits per heavy atom. The maximum atomic E-state index is 14.3. The van der Waals surface area contributed by atoms with E-state index in [-0.39, 0.29) is 6.10 Å². The van der Waals surface area contributed by atoms with Crippen LogP contribution in [0, 0.1) is 0 Å². The first-order valence-electron chi connectivity index (χ1n) is 13.7. The van der Waals surface area contributed by atoms with Crippen LogP contribution in [-0.4, -0.2) is 65.7 Å². The van der Waals surface area contributed by atoms with Crippen molar-refractivity contribution in [3.8, 4) is 0 Å². The van der Waals surface area contributed by atoms with Gasteiger partial charge in [0.05, 0.1) is 25.2 Å². The van der Waals surface area contributed by atoms with Crippen LogP contribution < -0.4 is 5.73 Å². The van der Waals surface area contributed by atoms with Crippen molar-refractivity contribution in [1.82, 2.24) is 0 Å². The SMILES string of the molecule is CSCC[C@H](N)C(=O)OC(C(=O)OC1CC2CCC(C1)[N+]21CCCC1)(c1ccccc1)c1ccccc1. The third-order valence-electron chi connectivity index (χ3n) is 8.87. The first kappa shape index (κ1) is 26.3. The molecule has 0 aliphatic carbocycles. The van der Waals surface area contributed by atoms with Crippen LogP contribution in [0.3, 0.4) is 0 Å². The molecule has 3 aliphatic rings. The second-order valence-corrected chi connectivity index (χ2v) is 11.8. The molecule has 7 heteroatoms. The number of piperidine rings is 1. The molecule has 37 heavy (non-hydrogen) atoms. The summed E-state index contributed by atoms with van der Waals surface area (Å²) in [4.78, 5) is 27.6. The molecular formula is C30H39N2O4S+. The molecule has 0 saturated carbocycles. The minimum absolute atomic E-state index is 0.176. The van der Waals surface area contributed by atoms with E-state index in [9.17, 15) is 9.59 Å². The minimum Gasteiger partial charge on any atom is -0.458 e. The van der Waals surface area contributed by atoms with Crippen molar-refractivity contribution in [1.29, 1.82) is 0 Å². The lowest BCUT2D eigenvalue weighted by molar-refractivity contribution is -0.956. The predicted octanol–water partition coefficient (Wildman–Crippen LogP) is 4.40. The van der Waals surface area contributed by atoms with Crippen LogP contribution in [0.25, 0.3) is 0 Å². The number of ether oxygens (including phenoxy) is 2. The lowest BCUT2D eigenvalue weighted by Crippen LogP contribution is -2.60. The zero-order valence-corrected chi connectivity index (χ0v) is 22.5. The molecule has 0 aromatic heterocycles. The minimum atomic E-state index is -1.72. The molecule has 3 atom stereocenters. The lowest BCUT2D eigenvalue weighted by atomic mass is 9.85. The van der Waals surface area contributed by atoms with E-state index in [0.717, 1.165) is 18.6 Å². The van der Waals surface area contributed by atoms with Gasteiger partial charge in [-0.3, -0.25) is 4.79 Å². The number of benzene rings is 2. The monoisotopic (exact) mass is 523 g/mol. The number of esters is 2. The van der Waals surface area contributed by atoms with E-state index in [4.69, 9.17) is 15.2 Å². The Morgan fingerprint density at radius 2 is 1.51 bits per heavy atom. The van der Waals surface area contributed by atoms with Crippen LogP contribution >= 0.6 is 11.8 Å². The summed E-state index contributed by atoms with van der Waals surface area (Å²) in [7, 11) is 0. The first-order valence-corrected chi connectivity index (χ1v) is 15.0. The molecule has 2 unspecified atom stereocenters. The van der Waals surface area contributed by atoms with E-state index in [1.165, 1.54) is 43.3 Å². The summed E-state index contributed by atoms with van der Waals surface area (Å²) in [6.07, 6.45) is 9.04. The average molecular weight is 524 g/mol. The van der Waals surface area contributed by atoms with Gasteiger partial charge in [0.15, 0.2) is 0 Å². The smallest absolute Gasteiger partial charge is 0.360 e. The topological polar surface area (TPSA) is 78.6 Å². The number of nitrogens with zero attached hydrogens (tertiary/aromatic N) is 1. The molecule has 2 N–H and O–H groups in total. The van der Waals surface area contributed by atoms with Gasteiger partial charge in [0.2, 0.25) is 0 Å². The third kappa shape index (κ3) is 4.93. The number of nitrogens with two attached hydrogens (primary N) is 1. The Morgan fingerprint density at radius 1 is 0.973 bits per heavy atom. The van der Waals surface area contributed by atoms with Crippen molar-refractivity contribution in [2.75, 3.05) is 25.1 Å². The second-order valence-electron chi connectivity index (χ2n) is 10.9. The van der Waals surface area contributed by atoms with Crippen molar-refractivity contribution in [2.24, 2.45) is 5.73 Å². The average Bonchev–Trinajstić information content (AvgIpc) is 3.47. The fourth-order valence-corrected chi connectivity index (χ4v) is 7.53. The van der Waals surface area contributed by atoms with E-state index >= 15 is 0 Å². The van der Waals surface area contributed by atoms with Gasteiger partial charge in [-0.15, -0.1) is 0 Å². The number of hydrogen-bond acceptors (Lipinski definition) is 6. The second kappa shape index (κ2) is 11.2. The summed E-state index contributed by atoms with van der Waals surface area (Å²) in [6.45, 7) is 2.53. The highest BCUT2D eigenvalue weighted by Crippen LogP contribution is 2.47. The summed E-state index contributed by atoms with van der Waals surface area (Å²) in [5, 5.41) is 0. The quantitative estimate of drug-likeness (QED) is 0.388. The van der Waals surface area contributed by atoms with Crippen LogP contribution in [0.2, 0.25) is 0 Å². The van der Waals surface area contributed by atoms with Gasteiger partial charge in [-0.1, -0.05) is 60.7 Å². The molecule has 3 heterocycles. The predicted molar refractivity (Wildman–Crippen MR) is 146 cm³/mol. The summed E-state index contributed by atoms with van der Waals surface area (Å²) in [5.41, 5.74) is 5.64. The van der Waals surface area contributed by atoms with Crippen LogP contribution in [-0.2, 0) is 24.7 Å². The summed E-state index contributed by atoms with van der Waals surface area (Å²) in [5.74, 6) is -0.395. The molecule has 5 rings (SSSR count). The number of quaternary nitrogens is 1. The van der Waals surface area contributed by atoms with Gasteiger partial charge in [0.1, 0.15) is 12.1 Å². The molecule has 198 valence electrons. The molecular weight excluding hydrogens is 484 g/mol. The number of rotatable bonds is 9. The Labute approximate surface area is 224 Å². The highest BCUT2D eigenvalue weighted by atomic mass is 32.2. The Bertz CT molecular complexity index is 1020. The van der Waals surface area contributed by atoms with Crippen molar-refractivity contribution >= 4 is 23.7 Å². The molecule has 2 bridgehead atoms. The number of carbonyl (C=O) groups excluding carboxylic acids is 2. The van der Waals surface area contributed by atoms with Gasteiger partial charge in [-0.05, 0) is 18.4 Å². The van der Waals surface area contributed by atoms with E-state index in [0.29, 0.717) is 29.6 Å². The zero-order valence-electron chi connectivity index (χ0n) is 21.7. The van der Waals surface area contributed by atoms with Gasteiger partial charge in [-0.2, -0.15) is 11.8 Å². The molecule has 3 saturated heterocycles. The standard InChI is InChI=1S/C30H39N2O4S/c1-37-19-16-27(31)28(33)36-30(22-10-4-2-5-11-22,23-12-6-3-7-13-23)29(34)35-26-20-24-14-15-25(21-26)32(24)17-8-9-18-32/h2-7,10-13,24-27H,8-9,14-21,31H2,1H3/q+1/t24?,25?,26?,27-/m0/s1. The molecule has 1 spiro atoms. The van der Waals surface area contributed by atoms with Gasteiger partial charge in [-0.25, -0.2) is 4.79 Å². The maximum Gasteiger partial charge on any atom is 0.360 e. The van der Waals surface area contributed by atoms with Gasteiger partial charge in [0.25, 0.3) is 5.60 Å². The molecule has 0 amide bonds. The largest absolute Gasteiger partial charge is 0.458 e. The van der Waals surface area contributed by atoms with E-state index < -0.39 is 23.6 Å². The van der Waals surface area contributed by atoms with Crippen LogP contribution in [0.5, 0.6) is 0 Å². The van der Waals surface area contributed by atoms with E-state index in [2.05, 4.69) is 0 Å². The molecule has 0 radical (unpaired) electrons. The van der Waals surface area contributed by atoms with Crippen LogP contribution in [0.4, 0.5) is 0 Å². The Balaban J connectivity index is 1.47. The molecule has 2 aromatic carbocycles. The van der Waals surface area contributed by atoms with Crippen LogP contribution in [0.15, 0.2) is 60.7 Å². The van der Waals surface area contributed by atoms with Crippen molar-refractivity contribution in [3.05, 3.63) is 71.8 Å². The summed E-state index contributed by atoms with van der Waals surface area (Å²) in [6, 6.07) is 18.8. The Hall–Kier alpha value is -2.35. The van der Waals surface area contributed by atoms with Gasteiger partial charge < -0.3 is 19.7 Å². The molecule has 6 nitrogen and oxygen atoms in total. The number of hydrogen-bond donors (Lipinski definition) is 1. The third-order valence-corrected chi connectivity index (χ3v) is 9.51. The lowest BCUT2D eigenvalue weighted by Gasteiger charge is -2.47. The maximum absolute atomic E-state index is 14.3.